The monoisotopic (exact) mass is 418 g/mol. The molecule has 2 aromatic carbocycles. The molecule has 1 saturated heterocycles. The normalized spacial score (nSPS) is 17.5. The number of hydrogen-bond acceptors (Lipinski definition) is 2. The molecule has 0 aliphatic carbocycles. The van der Waals surface area contributed by atoms with E-state index in [0.29, 0.717) is 35.2 Å². The van der Waals surface area contributed by atoms with E-state index in [1.165, 1.54) is 0 Å². The Labute approximate surface area is 176 Å². The van der Waals surface area contributed by atoms with Gasteiger partial charge in [-0.25, -0.2) is 0 Å². The zero-order chi connectivity index (χ0) is 20.5. The SMILES string of the molecule is CC(C)(C)C(=O)N1CCN(C(=O)c2ccccc2)C(c2ccc(Cl)c(Cl)c2)C1. The van der Waals surface area contributed by atoms with E-state index < -0.39 is 5.41 Å². The molecule has 1 heterocycles. The van der Waals surface area contributed by atoms with Crippen LogP contribution < -0.4 is 0 Å². The molecule has 0 bridgehead atoms. The van der Waals surface area contributed by atoms with E-state index in [0.717, 1.165) is 5.56 Å². The first-order chi connectivity index (χ1) is 13.2. The topological polar surface area (TPSA) is 40.6 Å². The molecule has 2 amide bonds. The zero-order valence-electron chi connectivity index (χ0n) is 16.3. The first-order valence-electron chi connectivity index (χ1n) is 9.29. The van der Waals surface area contributed by atoms with Crippen molar-refractivity contribution in [1.29, 1.82) is 0 Å². The van der Waals surface area contributed by atoms with Crippen LogP contribution in [0.15, 0.2) is 48.5 Å². The van der Waals surface area contributed by atoms with Crippen molar-refractivity contribution in [2.45, 2.75) is 26.8 Å². The fourth-order valence-electron chi connectivity index (χ4n) is 3.44. The molecule has 1 aliphatic heterocycles. The Morgan fingerprint density at radius 1 is 0.964 bits per heavy atom. The van der Waals surface area contributed by atoms with Gasteiger partial charge in [-0.2, -0.15) is 0 Å². The summed E-state index contributed by atoms with van der Waals surface area (Å²) in [5.74, 6) is 0.0175. The molecule has 0 saturated carbocycles. The van der Waals surface area contributed by atoms with Gasteiger partial charge in [0.25, 0.3) is 5.91 Å². The highest BCUT2D eigenvalue weighted by Crippen LogP contribution is 2.33. The van der Waals surface area contributed by atoms with Gasteiger partial charge in [0.05, 0.1) is 16.1 Å². The quantitative estimate of drug-likeness (QED) is 0.683. The number of carbonyl (C=O) groups excluding carboxylic acids is 2. The van der Waals surface area contributed by atoms with Crippen LogP contribution in [-0.4, -0.2) is 41.2 Å². The second-order valence-electron chi connectivity index (χ2n) is 8.06. The summed E-state index contributed by atoms with van der Waals surface area (Å²) in [6.07, 6.45) is 0. The lowest BCUT2D eigenvalue weighted by molar-refractivity contribution is -0.142. The summed E-state index contributed by atoms with van der Waals surface area (Å²) in [6, 6.07) is 14.3. The molecule has 148 valence electrons. The summed E-state index contributed by atoms with van der Waals surface area (Å²) in [5.41, 5.74) is 1.02. The first kappa shape index (κ1) is 20.7. The molecule has 3 rings (SSSR count). The van der Waals surface area contributed by atoms with Crippen molar-refractivity contribution < 1.29 is 9.59 Å². The van der Waals surface area contributed by atoms with Crippen LogP contribution in [0.4, 0.5) is 0 Å². The van der Waals surface area contributed by atoms with Gasteiger partial charge in [-0.1, -0.05) is 68.2 Å². The molecule has 0 aromatic heterocycles. The standard InChI is InChI=1S/C22H24Cl2N2O2/c1-22(2,3)21(28)25-11-12-26(20(27)15-7-5-4-6-8-15)19(14-25)16-9-10-17(23)18(24)13-16/h4-10,13,19H,11-12,14H2,1-3H3. The Balaban J connectivity index is 1.96. The lowest BCUT2D eigenvalue weighted by Gasteiger charge is -2.43. The van der Waals surface area contributed by atoms with Crippen LogP contribution in [-0.2, 0) is 4.79 Å². The Hall–Kier alpha value is -2.04. The fourth-order valence-corrected chi connectivity index (χ4v) is 3.74. The minimum atomic E-state index is -0.478. The van der Waals surface area contributed by atoms with Gasteiger partial charge in [0.1, 0.15) is 0 Å². The van der Waals surface area contributed by atoms with Gasteiger partial charge in [0, 0.05) is 30.6 Å². The lowest BCUT2D eigenvalue weighted by atomic mass is 9.93. The van der Waals surface area contributed by atoms with Crippen molar-refractivity contribution >= 4 is 35.0 Å². The van der Waals surface area contributed by atoms with E-state index in [1.807, 2.05) is 54.8 Å². The molecule has 6 heteroatoms. The number of nitrogens with zero attached hydrogens (tertiary/aromatic N) is 2. The molecule has 1 fully saturated rings. The Bertz CT molecular complexity index is 878. The summed E-state index contributed by atoms with van der Waals surface area (Å²) >= 11 is 12.3. The highest BCUT2D eigenvalue weighted by molar-refractivity contribution is 6.42. The maximum absolute atomic E-state index is 13.2. The van der Waals surface area contributed by atoms with E-state index in [9.17, 15) is 9.59 Å². The molecule has 0 radical (unpaired) electrons. The summed E-state index contributed by atoms with van der Waals surface area (Å²) in [5, 5.41) is 0.898. The molecule has 1 atom stereocenters. The fraction of sp³-hybridized carbons (Fsp3) is 0.364. The summed E-state index contributed by atoms with van der Waals surface area (Å²) < 4.78 is 0. The van der Waals surface area contributed by atoms with Crippen molar-refractivity contribution in [3.63, 3.8) is 0 Å². The van der Waals surface area contributed by atoms with Crippen LogP contribution in [0.1, 0.15) is 42.7 Å². The predicted molar refractivity (Wildman–Crippen MR) is 113 cm³/mol. The number of amides is 2. The summed E-state index contributed by atoms with van der Waals surface area (Å²) in [6.45, 7) is 7.11. The predicted octanol–water partition coefficient (Wildman–Crippen LogP) is 5.07. The van der Waals surface area contributed by atoms with E-state index in [-0.39, 0.29) is 17.9 Å². The van der Waals surface area contributed by atoms with E-state index >= 15 is 0 Å². The molecule has 2 aromatic rings. The number of benzene rings is 2. The summed E-state index contributed by atoms with van der Waals surface area (Å²) in [4.78, 5) is 29.7. The van der Waals surface area contributed by atoms with Crippen LogP contribution in [0.25, 0.3) is 0 Å². The number of halogens is 2. The number of hydrogen-bond donors (Lipinski definition) is 0. The number of piperazine rings is 1. The largest absolute Gasteiger partial charge is 0.338 e. The molecular formula is C22H24Cl2N2O2. The van der Waals surface area contributed by atoms with Gasteiger partial charge >= 0.3 is 0 Å². The van der Waals surface area contributed by atoms with E-state index in [1.54, 1.807) is 24.3 Å². The first-order valence-corrected chi connectivity index (χ1v) is 10.0. The van der Waals surface area contributed by atoms with Crippen molar-refractivity contribution in [3.05, 3.63) is 69.7 Å². The van der Waals surface area contributed by atoms with Gasteiger partial charge in [-0.05, 0) is 29.8 Å². The minimum Gasteiger partial charge on any atom is -0.338 e. The Kier molecular flexibility index (Phi) is 6.01. The lowest BCUT2D eigenvalue weighted by Crippen LogP contribution is -2.54. The molecule has 4 nitrogen and oxygen atoms in total. The molecular weight excluding hydrogens is 395 g/mol. The maximum atomic E-state index is 13.2. The van der Waals surface area contributed by atoms with Gasteiger partial charge in [-0.15, -0.1) is 0 Å². The highest BCUT2D eigenvalue weighted by atomic mass is 35.5. The van der Waals surface area contributed by atoms with Gasteiger partial charge < -0.3 is 9.80 Å². The average molecular weight is 419 g/mol. The Morgan fingerprint density at radius 2 is 1.64 bits per heavy atom. The van der Waals surface area contributed by atoms with Crippen molar-refractivity contribution in [2.24, 2.45) is 5.41 Å². The van der Waals surface area contributed by atoms with Crippen molar-refractivity contribution in [2.75, 3.05) is 19.6 Å². The second-order valence-corrected chi connectivity index (χ2v) is 8.87. The van der Waals surface area contributed by atoms with Crippen LogP contribution in [0, 0.1) is 5.41 Å². The molecule has 1 aliphatic rings. The van der Waals surface area contributed by atoms with Gasteiger partial charge in [0.15, 0.2) is 0 Å². The van der Waals surface area contributed by atoms with E-state index in [4.69, 9.17) is 23.2 Å². The van der Waals surface area contributed by atoms with E-state index in [2.05, 4.69) is 0 Å². The van der Waals surface area contributed by atoms with Crippen molar-refractivity contribution in [3.8, 4) is 0 Å². The van der Waals surface area contributed by atoms with Crippen LogP contribution in [0.5, 0.6) is 0 Å². The molecule has 28 heavy (non-hydrogen) atoms. The third-order valence-corrected chi connectivity index (χ3v) is 5.66. The molecule has 1 unspecified atom stereocenters. The number of carbonyl (C=O) groups is 2. The number of rotatable bonds is 2. The summed E-state index contributed by atoms with van der Waals surface area (Å²) in [7, 11) is 0. The van der Waals surface area contributed by atoms with Crippen LogP contribution in [0.2, 0.25) is 10.0 Å². The average Bonchev–Trinajstić information content (AvgIpc) is 2.68. The molecule has 0 N–H and O–H groups in total. The van der Waals surface area contributed by atoms with Crippen LogP contribution in [0.3, 0.4) is 0 Å². The second kappa shape index (κ2) is 8.14. The van der Waals surface area contributed by atoms with Crippen molar-refractivity contribution in [1.82, 2.24) is 9.80 Å². The van der Waals surface area contributed by atoms with Gasteiger partial charge in [-0.3, -0.25) is 9.59 Å². The highest BCUT2D eigenvalue weighted by Gasteiger charge is 2.37. The maximum Gasteiger partial charge on any atom is 0.254 e. The van der Waals surface area contributed by atoms with Crippen LogP contribution >= 0.6 is 23.2 Å². The smallest absolute Gasteiger partial charge is 0.254 e. The third-order valence-electron chi connectivity index (χ3n) is 4.92. The molecule has 0 spiro atoms. The third kappa shape index (κ3) is 4.34. The zero-order valence-corrected chi connectivity index (χ0v) is 17.8. The Morgan fingerprint density at radius 3 is 2.25 bits per heavy atom. The minimum absolute atomic E-state index is 0.0560. The van der Waals surface area contributed by atoms with Gasteiger partial charge in [0.2, 0.25) is 5.91 Å².